The zero-order valence-corrected chi connectivity index (χ0v) is 17.0. The Morgan fingerprint density at radius 2 is 1.35 bits per heavy atom. The van der Waals surface area contributed by atoms with Gasteiger partial charge in [-0.15, -0.1) is 0 Å². The van der Waals surface area contributed by atoms with E-state index < -0.39 is 16.3 Å². The first-order valence-electron chi connectivity index (χ1n) is 6.72. The molecule has 0 amide bonds. The molecule has 1 aromatic rings. The normalized spacial score (nSPS) is 9.65. The minimum Gasteiger partial charge on any atom is -0.652 e. The first-order chi connectivity index (χ1) is 10.1. The summed E-state index contributed by atoms with van der Waals surface area (Å²) in [7, 11) is -4.02. The molecule has 1 aromatic carbocycles. The van der Waals surface area contributed by atoms with Gasteiger partial charge in [0.15, 0.2) is 0 Å². The van der Waals surface area contributed by atoms with E-state index in [9.17, 15) is 8.42 Å². The number of nitrogens with zero attached hydrogens (tertiary/aromatic N) is 1. The second-order valence-electron chi connectivity index (χ2n) is 4.16. The molecule has 0 aromatic heterocycles. The average molecular weight is 373 g/mol. The molecular weight excluding hydrogens is 350 g/mol. The van der Waals surface area contributed by atoms with Crippen LogP contribution in [0.25, 0.3) is 0 Å². The summed E-state index contributed by atoms with van der Waals surface area (Å²) in [5.74, 6) is 0. The van der Waals surface area contributed by atoms with E-state index in [4.69, 9.17) is 19.6 Å². The van der Waals surface area contributed by atoms with E-state index in [0.717, 1.165) is 5.56 Å². The van der Waals surface area contributed by atoms with Gasteiger partial charge >= 0.3 is 37.7 Å². The molecule has 1 rings (SSSR count). The van der Waals surface area contributed by atoms with Crippen molar-refractivity contribution in [3.63, 3.8) is 0 Å². The van der Waals surface area contributed by atoms with Crippen LogP contribution in [0.4, 0.5) is 4.79 Å². The molecular formula is C14H23CaNO6S. The van der Waals surface area contributed by atoms with Crippen molar-refractivity contribution in [3.8, 4) is 0 Å². The summed E-state index contributed by atoms with van der Waals surface area (Å²) in [5, 5.41) is 16.7. The Hall–Kier alpha value is -0.380. The topological polar surface area (TPSA) is 121 Å². The molecule has 0 fully saturated rings. The number of benzene rings is 1. The first-order valence-corrected chi connectivity index (χ1v) is 8.16. The van der Waals surface area contributed by atoms with Gasteiger partial charge in [-0.05, 0) is 44.8 Å². The van der Waals surface area contributed by atoms with Crippen molar-refractivity contribution in [3.05, 3.63) is 29.8 Å². The van der Waals surface area contributed by atoms with Gasteiger partial charge in [-0.1, -0.05) is 38.5 Å². The maximum atomic E-state index is 10.5. The molecule has 0 bridgehead atoms. The fourth-order valence-electron chi connectivity index (χ4n) is 1.38. The Kier molecular flexibility index (Phi) is 18.1. The maximum Gasteiger partial charge on any atom is 2.00 e. The smallest absolute Gasteiger partial charge is 0.652 e. The number of carboxylic acid groups (broad SMARTS) is 2. The van der Waals surface area contributed by atoms with Gasteiger partial charge in [-0.3, -0.25) is 4.55 Å². The van der Waals surface area contributed by atoms with Gasteiger partial charge in [0.1, 0.15) is 0 Å². The zero-order valence-electron chi connectivity index (χ0n) is 14.0. The van der Waals surface area contributed by atoms with Crippen molar-refractivity contribution < 1.29 is 28.0 Å². The van der Waals surface area contributed by atoms with Crippen molar-refractivity contribution in [2.75, 3.05) is 19.6 Å². The Balaban J connectivity index is -0.000000290. The molecule has 0 aliphatic carbocycles. The van der Waals surface area contributed by atoms with E-state index in [2.05, 4.69) is 25.7 Å². The summed E-state index contributed by atoms with van der Waals surface area (Å²) in [5.41, 5.74) is 0.956. The third-order valence-corrected chi connectivity index (χ3v) is 3.53. The minimum atomic E-state index is -4.02. The van der Waals surface area contributed by atoms with E-state index in [-0.39, 0.29) is 42.6 Å². The van der Waals surface area contributed by atoms with Gasteiger partial charge in [0.25, 0.3) is 10.1 Å². The van der Waals surface area contributed by atoms with Crippen LogP contribution in [-0.4, -0.2) is 81.4 Å². The van der Waals surface area contributed by atoms with Gasteiger partial charge in [-0.25, -0.2) is 0 Å². The summed E-state index contributed by atoms with van der Waals surface area (Å²) >= 11 is 0. The van der Waals surface area contributed by atoms with Crippen LogP contribution in [0.3, 0.4) is 0 Å². The largest absolute Gasteiger partial charge is 2.00 e. The van der Waals surface area contributed by atoms with E-state index in [1.807, 2.05) is 6.92 Å². The van der Waals surface area contributed by atoms with Crippen molar-refractivity contribution in [2.45, 2.75) is 32.6 Å². The van der Waals surface area contributed by atoms with Crippen LogP contribution >= 0.6 is 0 Å². The summed E-state index contributed by atoms with van der Waals surface area (Å²) in [6.45, 7) is 12.0. The fourth-order valence-corrected chi connectivity index (χ4v) is 1.86. The molecule has 0 saturated carbocycles. The monoisotopic (exact) mass is 373 g/mol. The summed E-state index contributed by atoms with van der Waals surface area (Å²) in [6, 6.07) is 5.99. The van der Waals surface area contributed by atoms with Crippen LogP contribution < -0.4 is 10.2 Å². The van der Waals surface area contributed by atoms with Crippen LogP contribution in [0.1, 0.15) is 26.3 Å². The molecule has 0 aliphatic heterocycles. The molecule has 0 atom stereocenters. The standard InChI is InChI=1S/C7H8O3S.C6H15N.CH2O3.Ca/c1-6-2-4-7(5-3-6)11(8,9)10;1-4-7(5-2)6-3;2-1(3)4;/h2-5H,1H3,(H,8,9,10);4-6H2,1-3H3;(H2,2,3,4);/q;;;+2/p-2. The van der Waals surface area contributed by atoms with Gasteiger partial charge in [-0.2, -0.15) is 8.42 Å². The Bertz CT molecular complexity index is 505. The predicted molar refractivity (Wildman–Crippen MR) is 85.6 cm³/mol. The first kappa shape index (κ1) is 27.5. The van der Waals surface area contributed by atoms with Crippen LogP contribution in [0.15, 0.2) is 29.2 Å². The molecule has 7 nitrogen and oxygen atoms in total. The van der Waals surface area contributed by atoms with Crippen LogP contribution in [0.2, 0.25) is 0 Å². The number of rotatable bonds is 4. The van der Waals surface area contributed by atoms with Crippen LogP contribution in [-0.2, 0) is 10.1 Å². The fraction of sp³-hybridized carbons (Fsp3) is 0.500. The average Bonchev–Trinajstić information content (AvgIpc) is 2.40. The Labute approximate surface area is 168 Å². The Morgan fingerprint density at radius 3 is 1.52 bits per heavy atom. The maximum absolute atomic E-state index is 10.5. The zero-order chi connectivity index (χ0) is 17.8. The molecule has 0 unspecified atom stereocenters. The van der Waals surface area contributed by atoms with Gasteiger partial charge in [0.05, 0.1) is 4.90 Å². The van der Waals surface area contributed by atoms with E-state index in [0.29, 0.717) is 0 Å². The number of hydrogen-bond donors (Lipinski definition) is 1. The van der Waals surface area contributed by atoms with Gasteiger partial charge < -0.3 is 19.9 Å². The van der Waals surface area contributed by atoms with Crippen LogP contribution in [0, 0.1) is 6.92 Å². The van der Waals surface area contributed by atoms with E-state index in [1.54, 1.807) is 12.1 Å². The SMILES string of the molecule is CCN(CC)CC.Cc1ccc(S(=O)(=O)O)cc1.O=C([O-])[O-].[Ca+2]. The van der Waals surface area contributed by atoms with Crippen molar-refractivity contribution in [1.82, 2.24) is 4.90 Å². The van der Waals surface area contributed by atoms with Crippen LogP contribution in [0.5, 0.6) is 0 Å². The number of carbonyl (C=O) groups is 1. The van der Waals surface area contributed by atoms with Crippen molar-refractivity contribution >= 4 is 54.0 Å². The second kappa shape index (κ2) is 15.2. The van der Waals surface area contributed by atoms with E-state index >= 15 is 0 Å². The van der Waals surface area contributed by atoms with Crippen molar-refractivity contribution in [1.29, 1.82) is 0 Å². The molecule has 23 heavy (non-hydrogen) atoms. The molecule has 0 aliphatic rings. The molecule has 1 N–H and O–H groups in total. The summed E-state index contributed by atoms with van der Waals surface area (Å²) < 4.78 is 29.6. The number of carbonyl (C=O) groups excluding carboxylic acids is 1. The number of hydrogen-bond acceptors (Lipinski definition) is 6. The molecule has 0 spiro atoms. The molecule has 0 saturated heterocycles. The summed E-state index contributed by atoms with van der Waals surface area (Å²) in [4.78, 5) is 10.6. The minimum absolute atomic E-state index is 0. The molecule has 0 heterocycles. The number of aryl methyl sites for hydroxylation is 1. The van der Waals surface area contributed by atoms with Gasteiger partial charge in [0, 0.05) is 0 Å². The van der Waals surface area contributed by atoms with E-state index in [1.165, 1.54) is 31.8 Å². The van der Waals surface area contributed by atoms with Crippen molar-refractivity contribution in [2.24, 2.45) is 0 Å². The third kappa shape index (κ3) is 17.8. The third-order valence-electron chi connectivity index (χ3n) is 2.66. The molecule has 9 heteroatoms. The second-order valence-corrected chi connectivity index (χ2v) is 5.58. The quantitative estimate of drug-likeness (QED) is 0.571. The molecule has 128 valence electrons. The van der Waals surface area contributed by atoms with Gasteiger partial charge in [0.2, 0.25) is 0 Å². The molecule has 0 radical (unpaired) electrons. The Morgan fingerprint density at radius 1 is 1.04 bits per heavy atom. The predicted octanol–water partition coefficient (Wildman–Crippen LogP) is -0.238. The summed E-state index contributed by atoms with van der Waals surface area (Å²) in [6.07, 6.45) is -2.33.